The molecule has 0 N–H and O–H groups in total. The van der Waals surface area contributed by atoms with Gasteiger partial charge in [-0.1, -0.05) is 36.4 Å². The van der Waals surface area contributed by atoms with Gasteiger partial charge in [-0.3, -0.25) is 4.79 Å². The van der Waals surface area contributed by atoms with Gasteiger partial charge in [0, 0.05) is 6.08 Å². The van der Waals surface area contributed by atoms with Crippen LogP contribution in [0.1, 0.15) is 11.1 Å². The van der Waals surface area contributed by atoms with Crippen LogP contribution in [0.5, 0.6) is 0 Å². The number of para-hydroxylation sites is 1. The molecule has 132 valence electrons. The molecule has 0 heterocycles. The molecule has 0 saturated heterocycles. The summed E-state index contributed by atoms with van der Waals surface area (Å²) < 4.78 is 63.2. The van der Waals surface area contributed by atoms with Crippen molar-refractivity contribution >= 4 is 27.7 Å². The van der Waals surface area contributed by atoms with E-state index >= 15 is 0 Å². The lowest BCUT2D eigenvalue weighted by Gasteiger charge is -2.18. The van der Waals surface area contributed by atoms with Crippen LogP contribution < -0.4 is 4.31 Å². The van der Waals surface area contributed by atoms with Crippen LogP contribution in [-0.4, -0.2) is 20.6 Å². The lowest BCUT2D eigenvalue weighted by Crippen LogP contribution is -2.34. The maximum atomic E-state index is 13.0. The number of anilines is 1. The first-order chi connectivity index (χ1) is 11.6. The lowest BCUT2D eigenvalue weighted by molar-refractivity contribution is -0.137. The SMILES string of the molecule is CS(=O)(=O)N(C(=O)C=Cc1ccccc1C(F)(F)F)c1ccccc1. The van der Waals surface area contributed by atoms with Gasteiger partial charge in [-0.05, 0) is 29.8 Å². The second-order valence-electron chi connectivity index (χ2n) is 5.12. The third-order valence-corrected chi connectivity index (χ3v) is 4.25. The molecule has 0 aliphatic heterocycles. The Hall–Kier alpha value is -2.61. The average Bonchev–Trinajstić information content (AvgIpc) is 2.52. The zero-order chi connectivity index (χ0) is 18.7. The molecule has 4 nitrogen and oxygen atoms in total. The topological polar surface area (TPSA) is 54.5 Å². The molecule has 0 saturated carbocycles. The maximum absolute atomic E-state index is 13.0. The molecule has 8 heteroatoms. The van der Waals surface area contributed by atoms with Gasteiger partial charge in [-0.15, -0.1) is 0 Å². The summed E-state index contributed by atoms with van der Waals surface area (Å²) in [6, 6.07) is 12.3. The summed E-state index contributed by atoms with van der Waals surface area (Å²) in [5.74, 6) is -0.967. The van der Waals surface area contributed by atoms with Crippen molar-refractivity contribution in [1.82, 2.24) is 0 Å². The van der Waals surface area contributed by atoms with E-state index in [4.69, 9.17) is 0 Å². The van der Waals surface area contributed by atoms with Gasteiger partial charge in [0.05, 0.1) is 17.5 Å². The molecular formula is C17H14F3NO3S. The Morgan fingerprint density at radius 3 is 2.12 bits per heavy atom. The van der Waals surface area contributed by atoms with E-state index in [2.05, 4.69) is 0 Å². The van der Waals surface area contributed by atoms with E-state index in [0.29, 0.717) is 4.31 Å². The second-order valence-corrected chi connectivity index (χ2v) is 6.95. The molecule has 0 aromatic heterocycles. The van der Waals surface area contributed by atoms with E-state index in [0.717, 1.165) is 24.5 Å². The van der Waals surface area contributed by atoms with Gasteiger partial charge < -0.3 is 0 Å². The Morgan fingerprint density at radius 2 is 1.56 bits per heavy atom. The number of rotatable bonds is 4. The number of carbonyl (C=O) groups excluding carboxylic acids is 1. The first kappa shape index (κ1) is 18.7. The minimum atomic E-state index is -4.58. The van der Waals surface area contributed by atoms with E-state index in [1.54, 1.807) is 18.2 Å². The fourth-order valence-corrected chi connectivity index (χ4v) is 3.07. The molecule has 0 atom stereocenters. The average molecular weight is 369 g/mol. The van der Waals surface area contributed by atoms with E-state index < -0.39 is 27.7 Å². The molecular weight excluding hydrogens is 355 g/mol. The van der Waals surface area contributed by atoms with Crippen molar-refractivity contribution in [2.75, 3.05) is 10.6 Å². The molecule has 0 unspecified atom stereocenters. The van der Waals surface area contributed by atoms with Gasteiger partial charge in [0.2, 0.25) is 10.0 Å². The second kappa shape index (κ2) is 7.10. The third-order valence-electron chi connectivity index (χ3n) is 3.19. The van der Waals surface area contributed by atoms with E-state index in [-0.39, 0.29) is 11.3 Å². The molecule has 0 radical (unpaired) electrons. The minimum absolute atomic E-state index is 0.101. The van der Waals surface area contributed by atoms with Gasteiger partial charge >= 0.3 is 6.18 Å². The van der Waals surface area contributed by atoms with Crippen molar-refractivity contribution in [2.24, 2.45) is 0 Å². The largest absolute Gasteiger partial charge is 0.416 e. The molecule has 0 spiro atoms. The Kier molecular flexibility index (Phi) is 5.32. The number of amides is 1. The highest BCUT2D eigenvalue weighted by atomic mass is 32.2. The summed E-state index contributed by atoms with van der Waals surface area (Å²) in [5, 5.41) is 0. The number of nitrogens with zero attached hydrogens (tertiary/aromatic N) is 1. The minimum Gasteiger partial charge on any atom is -0.268 e. The van der Waals surface area contributed by atoms with Gasteiger partial charge in [0.25, 0.3) is 5.91 Å². The van der Waals surface area contributed by atoms with Gasteiger partial charge in [0.1, 0.15) is 0 Å². The smallest absolute Gasteiger partial charge is 0.268 e. The third kappa shape index (κ3) is 4.69. The van der Waals surface area contributed by atoms with Crippen LogP contribution in [0.2, 0.25) is 0 Å². The molecule has 0 aliphatic carbocycles. The van der Waals surface area contributed by atoms with Crippen molar-refractivity contribution in [3.05, 3.63) is 71.8 Å². The molecule has 1 amide bonds. The number of halogens is 3. The van der Waals surface area contributed by atoms with E-state index in [1.165, 1.54) is 30.3 Å². The van der Waals surface area contributed by atoms with Crippen LogP contribution in [0.3, 0.4) is 0 Å². The molecule has 0 bridgehead atoms. The van der Waals surface area contributed by atoms with Crippen LogP contribution in [0.4, 0.5) is 18.9 Å². The highest BCUT2D eigenvalue weighted by Gasteiger charge is 2.32. The summed E-state index contributed by atoms with van der Waals surface area (Å²) in [6.07, 6.45) is -1.99. The number of hydrogen-bond acceptors (Lipinski definition) is 3. The van der Waals surface area contributed by atoms with E-state index in [1.807, 2.05) is 0 Å². The summed E-state index contributed by atoms with van der Waals surface area (Å²) in [7, 11) is -3.95. The van der Waals surface area contributed by atoms with Crippen molar-refractivity contribution in [1.29, 1.82) is 0 Å². The van der Waals surface area contributed by atoms with Crippen molar-refractivity contribution in [2.45, 2.75) is 6.18 Å². The summed E-state index contributed by atoms with van der Waals surface area (Å²) in [4.78, 5) is 12.3. The number of benzene rings is 2. The first-order valence-electron chi connectivity index (χ1n) is 7.04. The molecule has 2 aromatic rings. The highest BCUT2D eigenvalue weighted by molar-refractivity contribution is 7.92. The molecule has 2 aromatic carbocycles. The van der Waals surface area contributed by atoms with Crippen molar-refractivity contribution in [3.8, 4) is 0 Å². The normalized spacial score (nSPS) is 12.3. The standard InChI is InChI=1S/C17H14F3NO3S/c1-25(23,24)21(14-8-3-2-4-9-14)16(22)12-11-13-7-5-6-10-15(13)17(18,19)20/h2-12H,1H3. The van der Waals surface area contributed by atoms with Crippen molar-refractivity contribution in [3.63, 3.8) is 0 Å². The zero-order valence-corrected chi connectivity index (χ0v) is 13.9. The Morgan fingerprint density at radius 1 is 1.00 bits per heavy atom. The monoisotopic (exact) mass is 369 g/mol. The molecule has 0 fully saturated rings. The summed E-state index contributed by atoms with van der Waals surface area (Å²) >= 11 is 0. The van der Waals surface area contributed by atoms with Crippen molar-refractivity contribution < 1.29 is 26.4 Å². The molecule has 0 aliphatic rings. The predicted octanol–water partition coefficient (Wildman–Crippen LogP) is 3.71. The maximum Gasteiger partial charge on any atom is 0.416 e. The first-order valence-corrected chi connectivity index (χ1v) is 8.89. The number of carbonyl (C=O) groups is 1. The van der Waals surface area contributed by atoms with Crippen LogP contribution in [0.25, 0.3) is 6.08 Å². The number of sulfonamides is 1. The van der Waals surface area contributed by atoms with Gasteiger partial charge in [-0.25, -0.2) is 12.7 Å². The lowest BCUT2D eigenvalue weighted by atomic mass is 10.1. The predicted molar refractivity (Wildman–Crippen MR) is 89.2 cm³/mol. The molecule has 25 heavy (non-hydrogen) atoms. The zero-order valence-electron chi connectivity index (χ0n) is 13.1. The van der Waals surface area contributed by atoms with Crippen LogP contribution in [0.15, 0.2) is 60.7 Å². The molecule has 2 rings (SSSR count). The Bertz CT molecular complexity index is 891. The van der Waals surface area contributed by atoms with Gasteiger partial charge in [0.15, 0.2) is 0 Å². The van der Waals surface area contributed by atoms with Gasteiger partial charge in [-0.2, -0.15) is 13.2 Å². The number of alkyl halides is 3. The van der Waals surface area contributed by atoms with Crippen LogP contribution >= 0.6 is 0 Å². The quantitative estimate of drug-likeness (QED) is 0.772. The highest BCUT2D eigenvalue weighted by Crippen LogP contribution is 2.32. The fourth-order valence-electron chi connectivity index (χ4n) is 2.17. The Balaban J connectivity index is 2.39. The van der Waals surface area contributed by atoms with E-state index in [9.17, 15) is 26.4 Å². The van der Waals surface area contributed by atoms with Crippen LogP contribution in [-0.2, 0) is 21.0 Å². The number of hydrogen-bond donors (Lipinski definition) is 0. The van der Waals surface area contributed by atoms with Crippen LogP contribution in [0, 0.1) is 0 Å². The Labute approximate surface area is 143 Å². The summed E-state index contributed by atoms with van der Waals surface area (Å²) in [6.45, 7) is 0. The summed E-state index contributed by atoms with van der Waals surface area (Å²) in [5.41, 5.74) is -1.04. The fraction of sp³-hybridized carbons (Fsp3) is 0.118.